The van der Waals surface area contributed by atoms with E-state index in [0.717, 1.165) is 32.5 Å². The van der Waals surface area contributed by atoms with E-state index >= 15 is 0 Å². The van der Waals surface area contributed by atoms with Gasteiger partial charge in [-0.15, -0.1) is 12.4 Å². The third-order valence-corrected chi connectivity index (χ3v) is 3.27. The predicted molar refractivity (Wildman–Crippen MR) is 80.1 cm³/mol. The molecule has 0 heterocycles. The molecule has 0 saturated carbocycles. The van der Waals surface area contributed by atoms with Crippen LogP contribution in [0, 0.1) is 5.92 Å². The molecule has 0 saturated heterocycles. The Morgan fingerprint density at radius 1 is 1.28 bits per heavy atom. The topological polar surface area (TPSA) is 58.4 Å². The number of nitrogens with one attached hydrogen (secondary N) is 1. The van der Waals surface area contributed by atoms with Crippen LogP contribution in [0.3, 0.4) is 0 Å². The second-order valence-electron chi connectivity index (χ2n) is 4.64. The molecule has 0 rings (SSSR count). The summed E-state index contributed by atoms with van der Waals surface area (Å²) in [6, 6.07) is -0.374. The van der Waals surface area contributed by atoms with Crippen molar-refractivity contribution in [1.29, 1.82) is 0 Å². The molecular formula is C13H30ClN3O. The van der Waals surface area contributed by atoms with Gasteiger partial charge >= 0.3 is 0 Å². The third kappa shape index (κ3) is 7.90. The summed E-state index contributed by atoms with van der Waals surface area (Å²) in [5.74, 6) is 0.222. The molecule has 4 nitrogen and oxygen atoms in total. The quantitative estimate of drug-likeness (QED) is 0.674. The lowest BCUT2D eigenvalue weighted by Crippen LogP contribution is -2.46. The molecule has 110 valence electrons. The van der Waals surface area contributed by atoms with Gasteiger partial charge in [-0.25, -0.2) is 0 Å². The van der Waals surface area contributed by atoms with E-state index in [4.69, 9.17) is 5.73 Å². The van der Waals surface area contributed by atoms with Gasteiger partial charge in [0.05, 0.1) is 6.04 Å². The fourth-order valence-corrected chi connectivity index (χ4v) is 1.71. The SMILES string of the molecule is CCCN(CC)CCNC(=O)C(N)C(C)CC.Cl. The molecule has 0 aliphatic rings. The van der Waals surface area contributed by atoms with Gasteiger partial charge in [-0.1, -0.05) is 34.1 Å². The Labute approximate surface area is 118 Å². The van der Waals surface area contributed by atoms with Crippen molar-refractivity contribution in [3.05, 3.63) is 0 Å². The highest BCUT2D eigenvalue weighted by atomic mass is 35.5. The smallest absolute Gasteiger partial charge is 0.237 e. The molecule has 5 heteroatoms. The van der Waals surface area contributed by atoms with Crippen LogP contribution in [0.1, 0.15) is 40.5 Å². The van der Waals surface area contributed by atoms with Crippen LogP contribution in [0.25, 0.3) is 0 Å². The molecular weight excluding hydrogens is 250 g/mol. The van der Waals surface area contributed by atoms with Crippen LogP contribution < -0.4 is 11.1 Å². The van der Waals surface area contributed by atoms with Crippen LogP contribution in [0.15, 0.2) is 0 Å². The van der Waals surface area contributed by atoms with Crippen LogP contribution in [-0.4, -0.2) is 43.0 Å². The lowest BCUT2D eigenvalue weighted by molar-refractivity contribution is -0.123. The Hall–Kier alpha value is -0.320. The largest absolute Gasteiger partial charge is 0.353 e. The molecule has 0 aromatic carbocycles. The molecule has 1 amide bonds. The molecule has 0 aliphatic carbocycles. The maximum Gasteiger partial charge on any atom is 0.237 e. The minimum absolute atomic E-state index is 0. The number of carbonyl (C=O) groups excluding carboxylic acids is 1. The summed E-state index contributed by atoms with van der Waals surface area (Å²) in [6.07, 6.45) is 2.08. The molecule has 3 N–H and O–H groups in total. The molecule has 0 spiro atoms. The van der Waals surface area contributed by atoms with Gasteiger partial charge in [0.25, 0.3) is 0 Å². The van der Waals surface area contributed by atoms with E-state index < -0.39 is 0 Å². The van der Waals surface area contributed by atoms with E-state index in [1.165, 1.54) is 0 Å². The maximum atomic E-state index is 11.7. The molecule has 0 aliphatic heterocycles. The summed E-state index contributed by atoms with van der Waals surface area (Å²) >= 11 is 0. The number of likely N-dealkylation sites (N-methyl/N-ethyl adjacent to an activating group) is 1. The fraction of sp³-hybridized carbons (Fsp3) is 0.923. The zero-order chi connectivity index (χ0) is 13.3. The molecule has 0 aromatic heterocycles. The van der Waals surface area contributed by atoms with E-state index in [2.05, 4.69) is 31.0 Å². The van der Waals surface area contributed by atoms with Crippen LogP contribution in [0.5, 0.6) is 0 Å². The summed E-state index contributed by atoms with van der Waals surface area (Å²) in [4.78, 5) is 14.0. The van der Waals surface area contributed by atoms with Crippen molar-refractivity contribution in [1.82, 2.24) is 10.2 Å². The van der Waals surface area contributed by atoms with E-state index in [-0.39, 0.29) is 30.3 Å². The second-order valence-corrected chi connectivity index (χ2v) is 4.64. The third-order valence-electron chi connectivity index (χ3n) is 3.27. The van der Waals surface area contributed by atoms with Crippen LogP contribution in [0.4, 0.5) is 0 Å². The van der Waals surface area contributed by atoms with Gasteiger partial charge in [-0.05, 0) is 25.4 Å². The lowest BCUT2D eigenvalue weighted by Gasteiger charge is -2.21. The average Bonchev–Trinajstić information content (AvgIpc) is 2.35. The Morgan fingerprint density at radius 2 is 1.89 bits per heavy atom. The molecule has 0 aromatic rings. The van der Waals surface area contributed by atoms with Gasteiger partial charge in [0, 0.05) is 13.1 Å². The predicted octanol–water partition coefficient (Wildman–Crippen LogP) is 1.63. The minimum Gasteiger partial charge on any atom is -0.353 e. The summed E-state index contributed by atoms with van der Waals surface area (Å²) < 4.78 is 0. The first-order valence-corrected chi connectivity index (χ1v) is 6.82. The average molecular weight is 280 g/mol. The maximum absolute atomic E-state index is 11.7. The molecule has 0 radical (unpaired) electrons. The minimum atomic E-state index is -0.374. The van der Waals surface area contributed by atoms with E-state index in [1.807, 2.05) is 6.92 Å². The molecule has 18 heavy (non-hydrogen) atoms. The van der Waals surface area contributed by atoms with Crippen LogP contribution in [0.2, 0.25) is 0 Å². The van der Waals surface area contributed by atoms with Crippen molar-refractivity contribution >= 4 is 18.3 Å². The van der Waals surface area contributed by atoms with Gasteiger partial charge < -0.3 is 16.0 Å². The van der Waals surface area contributed by atoms with Crippen molar-refractivity contribution in [2.75, 3.05) is 26.2 Å². The van der Waals surface area contributed by atoms with Gasteiger partial charge in [0.2, 0.25) is 5.91 Å². The molecule has 0 bridgehead atoms. The van der Waals surface area contributed by atoms with E-state index in [1.54, 1.807) is 0 Å². The first kappa shape index (κ1) is 20.0. The number of amides is 1. The Bertz CT molecular complexity index is 214. The number of halogens is 1. The number of hydrogen-bond acceptors (Lipinski definition) is 3. The molecule has 2 unspecified atom stereocenters. The zero-order valence-corrected chi connectivity index (χ0v) is 13.1. The first-order chi connectivity index (χ1) is 8.06. The Morgan fingerprint density at radius 3 is 2.33 bits per heavy atom. The molecule has 0 fully saturated rings. The van der Waals surface area contributed by atoms with Gasteiger partial charge in [-0.2, -0.15) is 0 Å². The Kier molecular flexibility index (Phi) is 13.1. The number of rotatable bonds is 9. The summed E-state index contributed by atoms with van der Waals surface area (Å²) in [5.41, 5.74) is 5.85. The second kappa shape index (κ2) is 11.8. The summed E-state index contributed by atoms with van der Waals surface area (Å²) in [6.45, 7) is 12.1. The number of nitrogens with two attached hydrogens (primary N) is 1. The lowest BCUT2D eigenvalue weighted by atomic mass is 9.99. The Balaban J connectivity index is 0. The van der Waals surface area contributed by atoms with Crippen molar-refractivity contribution < 1.29 is 4.79 Å². The molecule has 2 atom stereocenters. The van der Waals surface area contributed by atoms with Crippen molar-refractivity contribution in [2.24, 2.45) is 11.7 Å². The van der Waals surface area contributed by atoms with Crippen molar-refractivity contribution in [2.45, 2.75) is 46.6 Å². The van der Waals surface area contributed by atoms with E-state index in [9.17, 15) is 4.79 Å². The summed E-state index contributed by atoms with van der Waals surface area (Å²) in [7, 11) is 0. The van der Waals surface area contributed by atoms with Crippen molar-refractivity contribution in [3.63, 3.8) is 0 Å². The van der Waals surface area contributed by atoms with Crippen LogP contribution >= 0.6 is 12.4 Å². The highest BCUT2D eigenvalue weighted by Crippen LogP contribution is 2.04. The number of nitrogens with zero attached hydrogens (tertiary/aromatic N) is 1. The van der Waals surface area contributed by atoms with Gasteiger partial charge in [-0.3, -0.25) is 4.79 Å². The highest BCUT2D eigenvalue weighted by molar-refractivity contribution is 5.85. The van der Waals surface area contributed by atoms with Crippen LogP contribution in [-0.2, 0) is 4.79 Å². The standard InChI is InChI=1S/C13H29N3O.ClH/c1-5-9-16(7-3)10-8-15-13(17)12(14)11(4)6-2;/h11-12H,5-10,14H2,1-4H3,(H,15,17);1H. The van der Waals surface area contributed by atoms with E-state index in [0.29, 0.717) is 6.54 Å². The number of hydrogen-bond donors (Lipinski definition) is 2. The summed E-state index contributed by atoms with van der Waals surface area (Å²) in [5, 5.41) is 2.92. The fourth-order valence-electron chi connectivity index (χ4n) is 1.71. The van der Waals surface area contributed by atoms with Gasteiger partial charge in [0.15, 0.2) is 0 Å². The monoisotopic (exact) mass is 279 g/mol. The highest BCUT2D eigenvalue weighted by Gasteiger charge is 2.18. The first-order valence-electron chi connectivity index (χ1n) is 6.82. The van der Waals surface area contributed by atoms with Gasteiger partial charge in [0.1, 0.15) is 0 Å². The zero-order valence-electron chi connectivity index (χ0n) is 12.2. The van der Waals surface area contributed by atoms with Crippen molar-refractivity contribution in [3.8, 4) is 0 Å². The normalized spacial score (nSPS) is 13.9. The number of carbonyl (C=O) groups is 1.